The third-order valence-electron chi connectivity index (χ3n) is 2.98. The molecule has 0 spiro atoms. The molecule has 20 heavy (non-hydrogen) atoms. The van der Waals surface area contributed by atoms with E-state index < -0.39 is 0 Å². The molecular formula is C15H10Br2N2O. The molecule has 0 aliphatic carbocycles. The van der Waals surface area contributed by atoms with Gasteiger partial charge in [-0.2, -0.15) is 4.73 Å². The van der Waals surface area contributed by atoms with E-state index in [4.69, 9.17) is 0 Å². The summed E-state index contributed by atoms with van der Waals surface area (Å²) in [6.45, 7) is 0. The van der Waals surface area contributed by atoms with Gasteiger partial charge in [0.15, 0.2) is 5.82 Å². The largest absolute Gasteiger partial charge is 0.426 e. The maximum Gasteiger partial charge on any atom is 0.175 e. The van der Waals surface area contributed by atoms with Crippen LogP contribution < -0.4 is 0 Å². The molecule has 0 aliphatic rings. The van der Waals surface area contributed by atoms with E-state index in [1.165, 1.54) is 0 Å². The Kier molecular flexibility index (Phi) is 3.63. The summed E-state index contributed by atoms with van der Waals surface area (Å²) in [5.41, 5.74) is 2.43. The molecule has 0 radical (unpaired) electrons. The van der Waals surface area contributed by atoms with Crippen molar-refractivity contribution < 1.29 is 5.21 Å². The Bertz CT molecular complexity index is 671. The Balaban J connectivity index is 2.04. The number of rotatable bonds is 2. The molecule has 0 aliphatic heterocycles. The second-order valence-corrected chi connectivity index (χ2v) is 6.12. The maximum atomic E-state index is 10.3. The van der Waals surface area contributed by atoms with Crippen LogP contribution in [0.3, 0.4) is 0 Å². The minimum Gasteiger partial charge on any atom is -0.426 e. The van der Waals surface area contributed by atoms with Gasteiger partial charge in [-0.25, -0.2) is 4.98 Å². The number of imidazole rings is 1. The van der Waals surface area contributed by atoms with E-state index in [-0.39, 0.29) is 0 Å². The van der Waals surface area contributed by atoms with Crippen molar-refractivity contribution in [2.24, 2.45) is 0 Å². The first-order valence-corrected chi connectivity index (χ1v) is 7.52. The summed E-state index contributed by atoms with van der Waals surface area (Å²) in [6, 6.07) is 15.4. The Hall–Kier alpha value is -1.59. The van der Waals surface area contributed by atoms with Crippen molar-refractivity contribution >= 4 is 31.9 Å². The first-order valence-electron chi connectivity index (χ1n) is 5.94. The minimum absolute atomic E-state index is 0.524. The maximum absolute atomic E-state index is 10.3. The number of aromatic nitrogens is 2. The van der Waals surface area contributed by atoms with Crippen LogP contribution in [0.2, 0.25) is 0 Å². The molecule has 100 valence electrons. The predicted octanol–water partition coefficient (Wildman–Crippen LogP) is 4.98. The molecule has 2 aromatic carbocycles. The third-order valence-corrected chi connectivity index (χ3v) is 4.04. The molecule has 3 rings (SSSR count). The van der Waals surface area contributed by atoms with Gasteiger partial charge < -0.3 is 5.21 Å². The quantitative estimate of drug-likeness (QED) is 0.623. The molecule has 5 heteroatoms. The summed E-state index contributed by atoms with van der Waals surface area (Å²) >= 11 is 6.79. The van der Waals surface area contributed by atoms with Gasteiger partial charge in [0, 0.05) is 20.1 Å². The van der Waals surface area contributed by atoms with E-state index >= 15 is 0 Å². The zero-order valence-corrected chi connectivity index (χ0v) is 13.5. The van der Waals surface area contributed by atoms with Gasteiger partial charge >= 0.3 is 0 Å². The normalized spacial score (nSPS) is 10.7. The fourth-order valence-corrected chi connectivity index (χ4v) is 2.49. The summed E-state index contributed by atoms with van der Waals surface area (Å²) in [5.74, 6) is 0.524. The van der Waals surface area contributed by atoms with Crippen molar-refractivity contribution in [2.45, 2.75) is 0 Å². The van der Waals surface area contributed by atoms with Gasteiger partial charge in [0.05, 0.1) is 6.20 Å². The van der Waals surface area contributed by atoms with Crippen molar-refractivity contribution in [3.63, 3.8) is 0 Å². The fourth-order valence-electron chi connectivity index (χ4n) is 1.96. The SMILES string of the molecule is On1c(-c2ccc(Br)cc2)cnc1-c1ccc(Br)cc1. The van der Waals surface area contributed by atoms with Crippen LogP contribution in [0.25, 0.3) is 22.6 Å². The molecule has 0 saturated carbocycles. The van der Waals surface area contributed by atoms with Crippen LogP contribution in [0.4, 0.5) is 0 Å². The fraction of sp³-hybridized carbons (Fsp3) is 0. The highest BCUT2D eigenvalue weighted by molar-refractivity contribution is 9.10. The van der Waals surface area contributed by atoms with Gasteiger partial charge in [0.2, 0.25) is 0 Å². The molecule has 0 unspecified atom stereocenters. The Morgan fingerprint density at radius 2 is 1.30 bits per heavy atom. The van der Waals surface area contributed by atoms with Crippen LogP contribution in [0.1, 0.15) is 0 Å². The standard InChI is InChI=1S/C15H10Br2N2O/c16-12-5-1-10(2-6-12)14-9-18-15(19(14)20)11-3-7-13(17)8-4-11/h1-9,20H. The molecule has 1 aromatic heterocycles. The zero-order valence-electron chi connectivity index (χ0n) is 10.3. The van der Waals surface area contributed by atoms with Gasteiger partial charge in [-0.15, -0.1) is 0 Å². The third kappa shape index (κ3) is 2.51. The Morgan fingerprint density at radius 1 is 0.800 bits per heavy atom. The summed E-state index contributed by atoms with van der Waals surface area (Å²) in [6.07, 6.45) is 1.67. The molecule has 0 saturated heterocycles. The average molecular weight is 394 g/mol. The van der Waals surface area contributed by atoms with E-state index in [0.717, 1.165) is 24.8 Å². The smallest absolute Gasteiger partial charge is 0.175 e. The molecule has 1 heterocycles. The zero-order chi connectivity index (χ0) is 14.1. The molecule has 1 N–H and O–H groups in total. The summed E-state index contributed by atoms with van der Waals surface area (Å²) in [7, 11) is 0. The number of hydrogen-bond donors (Lipinski definition) is 1. The molecule has 0 amide bonds. The second-order valence-electron chi connectivity index (χ2n) is 4.29. The van der Waals surface area contributed by atoms with Crippen molar-refractivity contribution in [2.75, 3.05) is 0 Å². The lowest BCUT2D eigenvalue weighted by Crippen LogP contribution is -1.96. The van der Waals surface area contributed by atoms with E-state index in [1.54, 1.807) is 6.20 Å². The van der Waals surface area contributed by atoms with Crippen molar-refractivity contribution in [3.05, 3.63) is 63.7 Å². The molecule has 3 nitrogen and oxygen atoms in total. The lowest BCUT2D eigenvalue weighted by atomic mass is 10.2. The molecular weight excluding hydrogens is 384 g/mol. The Morgan fingerprint density at radius 3 is 1.85 bits per heavy atom. The van der Waals surface area contributed by atoms with Crippen molar-refractivity contribution in [1.82, 2.24) is 9.71 Å². The van der Waals surface area contributed by atoms with Crippen molar-refractivity contribution in [3.8, 4) is 22.6 Å². The van der Waals surface area contributed by atoms with E-state index in [0.29, 0.717) is 11.5 Å². The molecule has 3 aromatic rings. The van der Waals surface area contributed by atoms with Crippen LogP contribution in [0.15, 0.2) is 63.7 Å². The summed E-state index contributed by atoms with van der Waals surface area (Å²) in [4.78, 5) is 4.30. The number of hydrogen-bond acceptors (Lipinski definition) is 2. The second kappa shape index (κ2) is 5.42. The van der Waals surface area contributed by atoms with Gasteiger partial charge in [0.1, 0.15) is 5.69 Å². The lowest BCUT2D eigenvalue weighted by molar-refractivity contribution is 0.195. The van der Waals surface area contributed by atoms with Gasteiger partial charge in [-0.05, 0) is 24.3 Å². The minimum atomic E-state index is 0.524. The first-order chi connectivity index (χ1) is 9.65. The highest BCUT2D eigenvalue weighted by atomic mass is 79.9. The average Bonchev–Trinajstić information content (AvgIpc) is 2.83. The van der Waals surface area contributed by atoms with Gasteiger partial charge in [0.25, 0.3) is 0 Å². The van der Waals surface area contributed by atoms with Gasteiger partial charge in [-0.3, -0.25) is 0 Å². The molecule has 0 fully saturated rings. The lowest BCUT2D eigenvalue weighted by Gasteiger charge is -2.05. The summed E-state index contributed by atoms with van der Waals surface area (Å²) in [5, 5.41) is 10.3. The Labute approximate surface area is 133 Å². The summed E-state index contributed by atoms with van der Waals surface area (Å²) < 4.78 is 3.11. The van der Waals surface area contributed by atoms with Crippen LogP contribution in [-0.2, 0) is 0 Å². The highest BCUT2D eigenvalue weighted by Crippen LogP contribution is 2.27. The number of benzene rings is 2. The van der Waals surface area contributed by atoms with Gasteiger partial charge in [-0.1, -0.05) is 56.1 Å². The highest BCUT2D eigenvalue weighted by Gasteiger charge is 2.12. The topological polar surface area (TPSA) is 38.0 Å². The predicted molar refractivity (Wildman–Crippen MR) is 85.7 cm³/mol. The van der Waals surface area contributed by atoms with Crippen molar-refractivity contribution in [1.29, 1.82) is 0 Å². The van der Waals surface area contributed by atoms with Crippen LogP contribution in [0, 0.1) is 0 Å². The number of nitrogens with zero attached hydrogens (tertiary/aromatic N) is 2. The first kappa shape index (κ1) is 13.4. The van der Waals surface area contributed by atoms with Crippen LogP contribution in [0.5, 0.6) is 0 Å². The van der Waals surface area contributed by atoms with E-state index in [9.17, 15) is 5.21 Å². The number of halogens is 2. The molecule has 0 bridgehead atoms. The van der Waals surface area contributed by atoms with Crippen LogP contribution >= 0.6 is 31.9 Å². The molecule has 0 atom stereocenters. The monoisotopic (exact) mass is 392 g/mol. The van der Waals surface area contributed by atoms with E-state index in [1.807, 2.05) is 48.5 Å². The van der Waals surface area contributed by atoms with E-state index in [2.05, 4.69) is 36.8 Å². The van der Waals surface area contributed by atoms with Crippen LogP contribution in [-0.4, -0.2) is 14.9 Å².